The second-order valence-corrected chi connectivity index (χ2v) is 8.57. The topological polar surface area (TPSA) is 83.3 Å². The average molecular weight is 403 g/mol. The van der Waals surface area contributed by atoms with E-state index in [0.717, 1.165) is 43.9 Å². The number of nitrogens with zero attached hydrogens (tertiary/aromatic N) is 2. The molecule has 0 radical (unpaired) electrons. The van der Waals surface area contributed by atoms with E-state index in [4.69, 9.17) is 5.73 Å². The fourth-order valence-electron chi connectivity index (χ4n) is 3.28. The van der Waals surface area contributed by atoms with Gasteiger partial charge in [0.1, 0.15) is 11.5 Å². The lowest BCUT2D eigenvalue weighted by Crippen LogP contribution is -2.66. The molecule has 2 unspecified atom stereocenters. The highest BCUT2D eigenvalue weighted by Gasteiger charge is 2.39. The highest BCUT2D eigenvalue weighted by Crippen LogP contribution is 2.37. The van der Waals surface area contributed by atoms with E-state index in [2.05, 4.69) is 27.4 Å². The number of rotatable bonds is 4. The summed E-state index contributed by atoms with van der Waals surface area (Å²) in [7, 11) is 0. The van der Waals surface area contributed by atoms with Crippen molar-refractivity contribution in [1.82, 2.24) is 20.5 Å². The molecule has 3 heterocycles. The SMILES string of the molecule is CC1(CN)CCN(C2NCC(Sc3cccnc3C(F)(F)F)C(=O)N2)CC1. The van der Waals surface area contributed by atoms with Crippen LogP contribution >= 0.6 is 11.8 Å². The van der Waals surface area contributed by atoms with Gasteiger partial charge in [-0.3, -0.25) is 20.0 Å². The van der Waals surface area contributed by atoms with E-state index in [1.165, 1.54) is 12.1 Å². The molecule has 0 aromatic carbocycles. The predicted molar refractivity (Wildman–Crippen MR) is 96.8 cm³/mol. The van der Waals surface area contributed by atoms with Crippen LogP contribution in [0.5, 0.6) is 0 Å². The first-order chi connectivity index (χ1) is 12.7. The van der Waals surface area contributed by atoms with Crippen molar-refractivity contribution in [2.45, 2.75) is 42.4 Å². The first-order valence-electron chi connectivity index (χ1n) is 8.89. The van der Waals surface area contributed by atoms with Crippen LogP contribution < -0.4 is 16.4 Å². The normalized spacial score (nSPS) is 26.6. The Hall–Kier alpha value is -1.36. The Kier molecular flexibility index (Phi) is 5.99. The summed E-state index contributed by atoms with van der Waals surface area (Å²) in [4.78, 5) is 18.0. The van der Waals surface area contributed by atoms with Crippen LogP contribution in [0.1, 0.15) is 25.5 Å². The summed E-state index contributed by atoms with van der Waals surface area (Å²) in [6.07, 6.45) is -1.85. The Balaban J connectivity index is 1.60. The van der Waals surface area contributed by atoms with E-state index >= 15 is 0 Å². The molecule has 1 aromatic rings. The molecule has 0 aliphatic carbocycles. The maximum absolute atomic E-state index is 13.1. The van der Waals surface area contributed by atoms with E-state index in [9.17, 15) is 18.0 Å². The van der Waals surface area contributed by atoms with Crippen LogP contribution in [0, 0.1) is 5.41 Å². The maximum atomic E-state index is 13.1. The van der Waals surface area contributed by atoms with Crippen LogP contribution in [0.3, 0.4) is 0 Å². The number of nitrogens with two attached hydrogens (primary N) is 1. The van der Waals surface area contributed by atoms with Crippen LogP contribution in [-0.4, -0.2) is 53.5 Å². The molecule has 10 heteroatoms. The van der Waals surface area contributed by atoms with Crippen molar-refractivity contribution in [3.63, 3.8) is 0 Å². The minimum atomic E-state index is -4.55. The van der Waals surface area contributed by atoms with Gasteiger partial charge in [-0.05, 0) is 36.9 Å². The van der Waals surface area contributed by atoms with Gasteiger partial charge in [0, 0.05) is 30.7 Å². The Morgan fingerprint density at radius 2 is 2.11 bits per heavy atom. The van der Waals surface area contributed by atoms with E-state index < -0.39 is 17.1 Å². The van der Waals surface area contributed by atoms with Gasteiger partial charge in [0.25, 0.3) is 0 Å². The van der Waals surface area contributed by atoms with Crippen LogP contribution in [-0.2, 0) is 11.0 Å². The van der Waals surface area contributed by atoms with Crippen LogP contribution in [0.2, 0.25) is 0 Å². The third kappa shape index (κ3) is 4.74. The van der Waals surface area contributed by atoms with Crippen LogP contribution in [0.15, 0.2) is 23.2 Å². The third-order valence-corrected chi connectivity index (χ3v) is 6.49. The zero-order chi connectivity index (χ0) is 19.7. The molecule has 1 aromatic heterocycles. The molecule has 27 heavy (non-hydrogen) atoms. The number of carbonyl (C=O) groups excluding carboxylic acids is 1. The van der Waals surface area contributed by atoms with Crippen LogP contribution in [0.25, 0.3) is 0 Å². The molecule has 0 bridgehead atoms. The molecule has 0 spiro atoms. The molecule has 2 saturated heterocycles. The Morgan fingerprint density at radius 3 is 2.70 bits per heavy atom. The Bertz CT molecular complexity index is 679. The average Bonchev–Trinajstić information content (AvgIpc) is 2.64. The van der Waals surface area contributed by atoms with E-state index in [1.54, 1.807) is 0 Å². The van der Waals surface area contributed by atoms with Crippen molar-refractivity contribution in [3.05, 3.63) is 24.0 Å². The quantitative estimate of drug-likeness (QED) is 0.709. The van der Waals surface area contributed by atoms with Gasteiger partial charge in [-0.15, -0.1) is 11.8 Å². The highest BCUT2D eigenvalue weighted by molar-refractivity contribution is 8.00. The van der Waals surface area contributed by atoms with Crippen molar-refractivity contribution < 1.29 is 18.0 Å². The number of amides is 1. The number of hydrogen-bond donors (Lipinski definition) is 3. The van der Waals surface area contributed by atoms with Gasteiger partial charge in [0.15, 0.2) is 5.69 Å². The number of thioether (sulfide) groups is 1. The summed E-state index contributed by atoms with van der Waals surface area (Å²) in [5.74, 6) is -0.270. The minimum Gasteiger partial charge on any atom is -0.330 e. The molecule has 6 nitrogen and oxygen atoms in total. The van der Waals surface area contributed by atoms with Gasteiger partial charge < -0.3 is 11.1 Å². The number of halogens is 3. The first kappa shape index (κ1) is 20.4. The second kappa shape index (κ2) is 7.94. The summed E-state index contributed by atoms with van der Waals surface area (Å²) >= 11 is 0.886. The first-order valence-corrected chi connectivity index (χ1v) is 9.77. The van der Waals surface area contributed by atoms with Gasteiger partial charge in [-0.2, -0.15) is 13.2 Å². The molecular formula is C17H24F3N5OS. The molecule has 3 rings (SSSR count). The zero-order valence-electron chi connectivity index (χ0n) is 15.1. The molecular weight excluding hydrogens is 379 g/mol. The predicted octanol–water partition coefficient (Wildman–Crippen LogP) is 1.62. The van der Waals surface area contributed by atoms with Gasteiger partial charge in [0.2, 0.25) is 5.91 Å². The standard InChI is InChI=1S/C17H24F3N5OS/c1-16(10-21)4-7-25(8-5-16)15-23-9-12(14(26)24-15)27-11-3-2-6-22-13(11)17(18,19)20/h2-3,6,12,15,23H,4-5,7-10,21H2,1H3,(H,24,26). The van der Waals surface area contributed by atoms with E-state index in [0.29, 0.717) is 6.54 Å². The van der Waals surface area contributed by atoms with E-state index in [1.807, 2.05) is 0 Å². The molecule has 0 saturated carbocycles. The van der Waals surface area contributed by atoms with Crippen molar-refractivity contribution in [3.8, 4) is 0 Å². The molecule has 150 valence electrons. The van der Waals surface area contributed by atoms with Gasteiger partial charge in [-0.1, -0.05) is 6.92 Å². The molecule has 2 aliphatic rings. The number of alkyl halides is 3. The van der Waals surface area contributed by atoms with Crippen molar-refractivity contribution in [1.29, 1.82) is 0 Å². The molecule has 2 fully saturated rings. The van der Waals surface area contributed by atoms with Crippen molar-refractivity contribution >= 4 is 17.7 Å². The summed E-state index contributed by atoms with van der Waals surface area (Å²) in [5, 5.41) is 5.47. The summed E-state index contributed by atoms with van der Waals surface area (Å²) in [6, 6.07) is 2.79. The smallest absolute Gasteiger partial charge is 0.330 e. The fourth-order valence-corrected chi connectivity index (χ4v) is 4.38. The number of hydrogen-bond acceptors (Lipinski definition) is 6. The van der Waals surface area contributed by atoms with Gasteiger partial charge in [0.05, 0.1) is 0 Å². The monoisotopic (exact) mass is 403 g/mol. The molecule has 2 aliphatic heterocycles. The molecule has 1 amide bonds. The molecule has 4 N–H and O–H groups in total. The highest BCUT2D eigenvalue weighted by atomic mass is 32.2. The van der Waals surface area contributed by atoms with Gasteiger partial charge >= 0.3 is 6.18 Å². The van der Waals surface area contributed by atoms with Crippen molar-refractivity contribution in [2.75, 3.05) is 26.2 Å². The summed E-state index contributed by atoms with van der Waals surface area (Å²) in [6.45, 7) is 4.71. The maximum Gasteiger partial charge on any atom is 0.434 e. The second-order valence-electron chi connectivity index (χ2n) is 7.32. The number of nitrogens with one attached hydrogen (secondary N) is 2. The Labute approximate surface area is 160 Å². The summed E-state index contributed by atoms with van der Waals surface area (Å²) in [5.41, 5.74) is 5.00. The Morgan fingerprint density at radius 1 is 1.41 bits per heavy atom. The number of aromatic nitrogens is 1. The number of likely N-dealkylation sites (tertiary alicyclic amines) is 1. The lowest BCUT2D eigenvalue weighted by atomic mass is 9.80. The number of piperidine rings is 1. The number of carbonyl (C=O) groups is 1. The molecule has 2 atom stereocenters. The van der Waals surface area contributed by atoms with E-state index in [-0.39, 0.29) is 29.1 Å². The lowest BCUT2D eigenvalue weighted by molar-refractivity contribution is -0.143. The largest absolute Gasteiger partial charge is 0.434 e. The van der Waals surface area contributed by atoms with Crippen LogP contribution in [0.4, 0.5) is 13.2 Å². The van der Waals surface area contributed by atoms with Gasteiger partial charge in [-0.25, -0.2) is 0 Å². The minimum absolute atomic E-state index is 0.0397. The van der Waals surface area contributed by atoms with Crippen molar-refractivity contribution in [2.24, 2.45) is 11.1 Å². The summed E-state index contributed by atoms with van der Waals surface area (Å²) < 4.78 is 39.3. The zero-order valence-corrected chi connectivity index (χ0v) is 15.9. The number of pyridine rings is 1. The third-order valence-electron chi connectivity index (χ3n) is 5.24. The lowest BCUT2D eigenvalue weighted by Gasteiger charge is -2.44. The fraction of sp³-hybridized carbons (Fsp3) is 0.647.